The smallest absolute Gasteiger partial charge is 0.254 e. The van der Waals surface area contributed by atoms with Crippen molar-refractivity contribution in [1.82, 2.24) is 19.6 Å². The van der Waals surface area contributed by atoms with Gasteiger partial charge in [-0.1, -0.05) is 0 Å². The molecule has 102 valence electrons. The monoisotopic (exact) mass is 269 g/mol. The summed E-state index contributed by atoms with van der Waals surface area (Å²) in [6, 6.07) is 9.71. The van der Waals surface area contributed by atoms with Crippen LogP contribution in [0.25, 0.3) is 5.78 Å². The van der Waals surface area contributed by atoms with Crippen molar-refractivity contribution in [3.05, 3.63) is 42.4 Å². The Balaban J connectivity index is 1.90. The number of ether oxygens (including phenoxy) is 1. The van der Waals surface area contributed by atoms with Gasteiger partial charge in [0.15, 0.2) is 0 Å². The molecule has 0 amide bonds. The van der Waals surface area contributed by atoms with Crippen LogP contribution in [0.15, 0.2) is 36.7 Å². The van der Waals surface area contributed by atoms with Gasteiger partial charge in [0.05, 0.1) is 6.61 Å². The topological polar surface area (TPSA) is 64.3 Å². The molecule has 0 bridgehead atoms. The number of rotatable bonds is 4. The molecule has 1 aromatic carbocycles. The molecule has 0 aliphatic rings. The number of nitrogens with zero attached hydrogens (tertiary/aromatic N) is 4. The minimum atomic E-state index is 0.582. The largest absolute Gasteiger partial charge is 0.494 e. The van der Waals surface area contributed by atoms with E-state index < -0.39 is 0 Å². The van der Waals surface area contributed by atoms with Gasteiger partial charge >= 0.3 is 0 Å². The van der Waals surface area contributed by atoms with Crippen molar-refractivity contribution in [1.29, 1.82) is 0 Å². The molecule has 6 nitrogen and oxygen atoms in total. The number of aromatic nitrogens is 4. The summed E-state index contributed by atoms with van der Waals surface area (Å²) in [5.41, 5.74) is 1.84. The molecule has 3 aromatic rings. The number of hydrogen-bond donors (Lipinski definition) is 1. The van der Waals surface area contributed by atoms with E-state index in [-0.39, 0.29) is 0 Å². The standard InChI is InChI=1S/C14H15N5O/c1-3-20-12-6-4-11(5-7-12)18-13-8-10(2)17-14-15-9-16-19(13)14/h4-9,18H,3H2,1-2H3. The van der Waals surface area contributed by atoms with Crippen LogP contribution in [0.1, 0.15) is 12.6 Å². The predicted octanol–water partition coefficient (Wildman–Crippen LogP) is 2.58. The Bertz CT molecular complexity index is 720. The fourth-order valence-corrected chi connectivity index (χ4v) is 1.97. The van der Waals surface area contributed by atoms with Crippen LogP contribution >= 0.6 is 0 Å². The van der Waals surface area contributed by atoms with Crippen molar-refractivity contribution in [3.63, 3.8) is 0 Å². The average molecular weight is 269 g/mol. The Hall–Kier alpha value is -2.63. The summed E-state index contributed by atoms with van der Waals surface area (Å²) in [7, 11) is 0. The van der Waals surface area contributed by atoms with Gasteiger partial charge in [0.2, 0.25) is 0 Å². The first-order chi connectivity index (χ1) is 9.76. The van der Waals surface area contributed by atoms with E-state index in [4.69, 9.17) is 4.74 Å². The van der Waals surface area contributed by atoms with Gasteiger partial charge < -0.3 is 10.1 Å². The second kappa shape index (κ2) is 5.16. The van der Waals surface area contributed by atoms with Gasteiger partial charge in [0, 0.05) is 17.4 Å². The molecule has 0 aliphatic carbocycles. The van der Waals surface area contributed by atoms with Gasteiger partial charge in [-0.3, -0.25) is 0 Å². The molecular weight excluding hydrogens is 254 g/mol. The zero-order chi connectivity index (χ0) is 13.9. The summed E-state index contributed by atoms with van der Waals surface area (Å²) in [6.45, 7) is 4.56. The molecule has 20 heavy (non-hydrogen) atoms. The highest BCUT2D eigenvalue weighted by Crippen LogP contribution is 2.20. The molecule has 1 N–H and O–H groups in total. The average Bonchev–Trinajstić information content (AvgIpc) is 2.89. The second-order valence-electron chi connectivity index (χ2n) is 4.34. The van der Waals surface area contributed by atoms with E-state index in [0.717, 1.165) is 22.9 Å². The molecule has 0 saturated carbocycles. The van der Waals surface area contributed by atoms with E-state index in [1.165, 1.54) is 6.33 Å². The van der Waals surface area contributed by atoms with Crippen LogP contribution in [0.4, 0.5) is 11.5 Å². The van der Waals surface area contributed by atoms with E-state index in [0.29, 0.717) is 12.4 Å². The van der Waals surface area contributed by atoms with Crippen LogP contribution in [-0.2, 0) is 0 Å². The van der Waals surface area contributed by atoms with E-state index in [2.05, 4.69) is 20.4 Å². The van der Waals surface area contributed by atoms with E-state index >= 15 is 0 Å². The first-order valence-corrected chi connectivity index (χ1v) is 6.43. The third-order valence-corrected chi connectivity index (χ3v) is 2.82. The third kappa shape index (κ3) is 2.40. The molecule has 3 rings (SSSR count). The van der Waals surface area contributed by atoms with Crippen molar-refractivity contribution in [2.24, 2.45) is 0 Å². The zero-order valence-electron chi connectivity index (χ0n) is 11.4. The van der Waals surface area contributed by atoms with Crippen molar-refractivity contribution in [2.45, 2.75) is 13.8 Å². The number of nitrogens with one attached hydrogen (secondary N) is 1. The van der Waals surface area contributed by atoms with E-state index in [1.54, 1.807) is 4.52 Å². The van der Waals surface area contributed by atoms with Crippen molar-refractivity contribution in [2.75, 3.05) is 11.9 Å². The normalized spacial score (nSPS) is 10.7. The molecule has 0 fully saturated rings. The van der Waals surface area contributed by atoms with Crippen LogP contribution in [-0.4, -0.2) is 26.2 Å². The maximum Gasteiger partial charge on any atom is 0.254 e. The lowest BCUT2D eigenvalue weighted by atomic mass is 10.3. The summed E-state index contributed by atoms with van der Waals surface area (Å²) in [5.74, 6) is 2.27. The summed E-state index contributed by atoms with van der Waals surface area (Å²) in [6.07, 6.45) is 1.49. The zero-order valence-corrected chi connectivity index (χ0v) is 11.4. The van der Waals surface area contributed by atoms with E-state index in [9.17, 15) is 0 Å². The quantitative estimate of drug-likeness (QED) is 0.788. The highest BCUT2D eigenvalue weighted by molar-refractivity contribution is 5.59. The molecule has 6 heteroatoms. The Morgan fingerprint density at radius 1 is 1.25 bits per heavy atom. The van der Waals surface area contributed by atoms with Gasteiger partial charge in [-0.15, -0.1) is 0 Å². The maximum absolute atomic E-state index is 5.42. The van der Waals surface area contributed by atoms with Crippen LogP contribution in [0, 0.1) is 6.92 Å². The Morgan fingerprint density at radius 3 is 2.80 bits per heavy atom. The number of aryl methyl sites for hydroxylation is 1. The lowest BCUT2D eigenvalue weighted by Gasteiger charge is -2.09. The van der Waals surface area contributed by atoms with E-state index in [1.807, 2.05) is 44.2 Å². The van der Waals surface area contributed by atoms with Gasteiger partial charge in [-0.05, 0) is 38.1 Å². The molecule has 0 saturated heterocycles. The Kier molecular flexibility index (Phi) is 3.20. The molecule has 2 aromatic heterocycles. The van der Waals surface area contributed by atoms with Crippen LogP contribution in [0.3, 0.4) is 0 Å². The molecule has 0 aliphatic heterocycles. The van der Waals surface area contributed by atoms with Gasteiger partial charge in [-0.25, -0.2) is 4.98 Å². The van der Waals surface area contributed by atoms with Crippen LogP contribution in [0.5, 0.6) is 5.75 Å². The lowest BCUT2D eigenvalue weighted by molar-refractivity contribution is 0.340. The Morgan fingerprint density at radius 2 is 2.05 bits per heavy atom. The number of anilines is 2. The second-order valence-corrected chi connectivity index (χ2v) is 4.34. The first kappa shape index (κ1) is 12.4. The van der Waals surface area contributed by atoms with Gasteiger partial charge in [-0.2, -0.15) is 14.6 Å². The molecule has 0 unspecified atom stereocenters. The van der Waals surface area contributed by atoms with Crippen molar-refractivity contribution < 1.29 is 4.74 Å². The molecular formula is C14H15N5O. The summed E-state index contributed by atoms with van der Waals surface area (Å²) < 4.78 is 7.09. The number of benzene rings is 1. The Labute approximate surface area is 116 Å². The number of hydrogen-bond acceptors (Lipinski definition) is 5. The predicted molar refractivity (Wildman–Crippen MR) is 76.4 cm³/mol. The summed E-state index contributed by atoms with van der Waals surface area (Å²) in [5, 5.41) is 7.47. The maximum atomic E-state index is 5.42. The van der Waals surface area contributed by atoms with Crippen LogP contribution < -0.4 is 10.1 Å². The highest BCUT2D eigenvalue weighted by Gasteiger charge is 2.05. The summed E-state index contributed by atoms with van der Waals surface area (Å²) in [4.78, 5) is 8.41. The van der Waals surface area contributed by atoms with Crippen LogP contribution in [0.2, 0.25) is 0 Å². The SMILES string of the molecule is CCOc1ccc(Nc2cc(C)nc3ncnn23)cc1. The number of fused-ring (bicyclic) bond motifs is 1. The molecule has 0 spiro atoms. The molecule has 0 atom stereocenters. The van der Waals surface area contributed by atoms with Crippen molar-refractivity contribution >= 4 is 17.3 Å². The van der Waals surface area contributed by atoms with Crippen molar-refractivity contribution in [3.8, 4) is 5.75 Å². The van der Waals surface area contributed by atoms with Gasteiger partial charge in [0.1, 0.15) is 17.9 Å². The van der Waals surface area contributed by atoms with Gasteiger partial charge in [0.25, 0.3) is 5.78 Å². The minimum Gasteiger partial charge on any atom is -0.494 e. The lowest BCUT2D eigenvalue weighted by Crippen LogP contribution is -2.02. The fourth-order valence-electron chi connectivity index (χ4n) is 1.97. The third-order valence-electron chi connectivity index (χ3n) is 2.82. The molecule has 2 heterocycles. The fraction of sp³-hybridized carbons (Fsp3) is 0.214. The minimum absolute atomic E-state index is 0.582. The summed E-state index contributed by atoms with van der Waals surface area (Å²) >= 11 is 0. The highest BCUT2D eigenvalue weighted by atomic mass is 16.5. The first-order valence-electron chi connectivity index (χ1n) is 6.43. The molecule has 0 radical (unpaired) electrons.